The number of hydrogen-bond donors (Lipinski definition) is 0. The number of nitrogens with zero attached hydrogens (tertiary/aromatic N) is 3. The molecule has 0 saturated carbocycles. The molecule has 3 heterocycles. The van der Waals surface area contributed by atoms with Gasteiger partial charge in [-0.05, 0) is 46.8 Å². The first-order valence-electron chi connectivity index (χ1n) is 15.9. The Bertz CT molecular complexity index is 2840. The second-order valence-electron chi connectivity index (χ2n) is 12.0. The molecule has 0 aliphatic carbocycles. The SMILES string of the molecule is c1ccc(-c2nc(-c3ccc4c(c3)oc3c5ccccc5c(-c5ccccc5)cc43)nc(-c3cccc4oc5ccccc5c34)n2)cc1. The molecular weight excluding hydrogens is 590 g/mol. The Morgan fingerprint density at radius 3 is 1.79 bits per heavy atom. The van der Waals surface area contributed by atoms with Gasteiger partial charge >= 0.3 is 0 Å². The van der Waals surface area contributed by atoms with Crippen molar-refractivity contribution in [1.82, 2.24) is 15.0 Å². The van der Waals surface area contributed by atoms with E-state index in [2.05, 4.69) is 78.9 Å². The van der Waals surface area contributed by atoms with Crippen molar-refractivity contribution in [2.45, 2.75) is 0 Å². The van der Waals surface area contributed by atoms with Crippen LogP contribution in [0.2, 0.25) is 0 Å². The maximum atomic E-state index is 6.66. The van der Waals surface area contributed by atoms with E-state index in [0.717, 1.165) is 71.3 Å². The van der Waals surface area contributed by atoms with E-state index in [-0.39, 0.29) is 0 Å². The fraction of sp³-hybridized carbons (Fsp3) is 0. The summed E-state index contributed by atoms with van der Waals surface area (Å²) in [5.41, 5.74) is 8.28. The first kappa shape index (κ1) is 26.6. The quantitative estimate of drug-likeness (QED) is 0.197. The minimum Gasteiger partial charge on any atom is -0.456 e. The third kappa shape index (κ3) is 4.15. The van der Waals surface area contributed by atoms with E-state index in [9.17, 15) is 0 Å². The van der Waals surface area contributed by atoms with E-state index in [1.54, 1.807) is 0 Å². The van der Waals surface area contributed by atoms with Gasteiger partial charge in [-0.15, -0.1) is 0 Å². The van der Waals surface area contributed by atoms with Gasteiger partial charge in [-0.1, -0.05) is 121 Å². The van der Waals surface area contributed by atoms with Gasteiger partial charge in [0.25, 0.3) is 0 Å². The molecule has 0 bridgehead atoms. The molecule has 7 aromatic carbocycles. The summed E-state index contributed by atoms with van der Waals surface area (Å²) >= 11 is 0. The van der Waals surface area contributed by atoms with Crippen LogP contribution < -0.4 is 0 Å². The zero-order chi connectivity index (χ0) is 31.6. The smallest absolute Gasteiger partial charge is 0.164 e. The van der Waals surface area contributed by atoms with E-state index in [1.165, 1.54) is 11.1 Å². The zero-order valence-electron chi connectivity index (χ0n) is 25.6. The number of fused-ring (bicyclic) bond motifs is 8. The predicted octanol–water partition coefficient (Wildman–Crippen LogP) is 11.5. The first-order chi connectivity index (χ1) is 23.8. The van der Waals surface area contributed by atoms with Gasteiger partial charge in [0, 0.05) is 43.6 Å². The van der Waals surface area contributed by atoms with Crippen molar-refractivity contribution in [3.63, 3.8) is 0 Å². The Morgan fingerprint density at radius 1 is 0.333 bits per heavy atom. The van der Waals surface area contributed by atoms with Gasteiger partial charge in [-0.25, -0.2) is 15.0 Å². The predicted molar refractivity (Wildman–Crippen MR) is 194 cm³/mol. The van der Waals surface area contributed by atoms with Crippen LogP contribution >= 0.6 is 0 Å². The molecule has 0 atom stereocenters. The average Bonchev–Trinajstić information content (AvgIpc) is 3.73. The van der Waals surface area contributed by atoms with Crippen molar-refractivity contribution < 1.29 is 8.83 Å². The molecule has 0 fully saturated rings. The number of hydrogen-bond acceptors (Lipinski definition) is 5. The highest BCUT2D eigenvalue weighted by Gasteiger charge is 2.19. The Kier molecular flexibility index (Phi) is 5.81. The van der Waals surface area contributed by atoms with Crippen molar-refractivity contribution in [3.05, 3.63) is 152 Å². The van der Waals surface area contributed by atoms with Crippen LogP contribution in [0.25, 0.3) is 99.9 Å². The monoisotopic (exact) mass is 615 g/mol. The fourth-order valence-electron chi connectivity index (χ4n) is 6.90. The molecule has 48 heavy (non-hydrogen) atoms. The third-order valence-electron chi connectivity index (χ3n) is 9.13. The van der Waals surface area contributed by atoms with Crippen molar-refractivity contribution in [2.75, 3.05) is 0 Å². The Morgan fingerprint density at radius 2 is 0.979 bits per heavy atom. The highest BCUT2D eigenvalue weighted by molar-refractivity contribution is 6.19. The molecule has 0 saturated heterocycles. The van der Waals surface area contributed by atoms with Crippen LogP contribution in [0.1, 0.15) is 0 Å². The van der Waals surface area contributed by atoms with Crippen LogP contribution in [-0.2, 0) is 0 Å². The maximum Gasteiger partial charge on any atom is 0.164 e. The number of rotatable bonds is 4. The van der Waals surface area contributed by atoms with Gasteiger partial charge < -0.3 is 8.83 Å². The molecule has 0 aliphatic heterocycles. The Hall–Kier alpha value is -6.59. The maximum absolute atomic E-state index is 6.66. The molecular formula is C43H25N3O2. The van der Waals surface area contributed by atoms with E-state index in [1.807, 2.05) is 72.8 Å². The van der Waals surface area contributed by atoms with E-state index in [0.29, 0.717) is 17.5 Å². The normalized spacial score (nSPS) is 11.8. The molecule has 3 aromatic heterocycles. The minimum atomic E-state index is 0.570. The zero-order valence-corrected chi connectivity index (χ0v) is 25.6. The Balaban J connectivity index is 1.20. The lowest BCUT2D eigenvalue weighted by atomic mass is 9.95. The van der Waals surface area contributed by atoms with Gasteiger partial charge in [0.15, 0.2) is 17.5 Å². The number of furan rings is 2. The lowest BCUT2D eigenvalue weighted by Crippen LogP contribution is -2.00. The summed E-state index contributed by atoms with van der Waals surface area (Å²) in [6.45, 7) is 0. The Labute approximate surface area is 274 Å². The summed E-state index contributed by atoms with van der Waals surface area (Å²) in [5, 5.41) is 6.37. The summed E-state index contributed by atoms with van der Waals surface area (Å²) in [6.07, 6.45) is 0. The second-order valence-corrected chi connectivity index (χ2v) is 12.0. The molecule has 5 nitrogen and oxygen atoms in total. The molecule has 0 radical (unpaired) electrons. The van der Waals surface area contributed by atoms with Crippen molar-refractivity contribution in [3.8, 4) is 45.3 Å². The fourth-order valence-corrected chi connectivity index (χ4v) is 6.90. The van der Waals surface area contributed by atoms with E-state index < -0.39 is 0 Å². The molecule has 0 spiro atoms. The average molecular weight is 616 g/mol. The molecule has 0 unspecified atom stereocenters. The lowest BCUT2D eigenvalue weighted by molar-refractivity contribution is 0.669. The molecule has 10 rings (SSSR count). The first-order valence-corrected chi connectivity index (χ1v) is 15.9. The van der Waals surface area contributed by atoms with Crippen LogP contribution in [0.4, 0.5) is 0 Å². The summed E-state index contributed by atoms with van der Waals surface area (Å²) in [6, 6.07) is 51.6. The number of para-hydroxylation sites is 1. The van der Waals surface area contributed by atoms with Crippen molar-refractivity contribution >= 4 is 54.6 Å². The summed E-state index contributed by atoms with van der Waals surface area (Å²) < 4.78 is 12.9. The van der Waals surface area contributed by atoms with Crippen molar-refractivity contribution in [2.24, 2.45) is 0 Å². The topological polar surface area (TPSA) is 65.0 Å². The minimum absolute atomic E-state index is 0.570. The third-order valence-corrected chi connectivity index (χ3v) is 9.13. The van der Waals surface area contributed by atoms with Crippen LogP contribution in [0.3, 0.4) is 0 Å². The van der Waals surface area contributed by atoms with E-state index >= 15 is 0 Å². The molecule has 0 N–H and O–H groups in total. The molecule has 5 heteroatoms. The standard InChI is InChI=1S/C43H25N3O2/c1-3-12-26(13-4-1)34-25-35-30-23-22-28(24-38(30)48-40(35)31-17-8-7-16-29(31)34)42-44-41(27-14-5-2-6-15-27)45-43(46-42)33-19-11-21-37-39(33)32-18-9-10-20-36(32)47-37/h1-25H. The van der Waals surface area contributed by atoms with Crippen LogP contribution in [-0.4, -0.2) is 15.0 Å². The van der Waals surface area contributed by atoms with Gasteiger partial charge in [-0.2, -0.15) is 0 Å². The summed E-state index contributed by atoms with van der Waals surface area (Å²) in [4.78, 5) is 15.1. The molecule has 0 amide bonds. The van der Waals surface area contributed by atoms with Gasteiger partial charge in [0.1, 0.15) is 22.3 Å². The number of aromatic nitrogens is 3. The van der Waals surface area contributed by atoms with Gasteiger partial charge in [-0.3, -0.25) is 0 Å². The summed E-state index contributed by atoms with van der Waals surface area (Å²) in [5.74, 6) is 1.75. The highest BCUT2D eigenvalue weighted by atomic mass is 16.3. The van der Waals surface area contributed by atoms with Gasteiger partial charge in [0.2, 0.25) is 0 Å². The summed E-state index contributed by atoms with van der Waals surface area (Å²) in [7, 11) is 0. The molecule has 10 aromatic rings. The molecule has 0 aliphatic rings. The van der Waals surface area contributed by atoms with Crippen LogP contribution in [0, 0.1) is 0 Å². The van der Waals surface area contributed by atoms with E-state index in [4.69, 9.17) is 23.8 Å². The lowest BCUT2D eigenvalue weighted by Gasteiger charge is -2.09. The van der Waals surface area contributed by atoms with Crippen molar-refractivity contribution in [1.29, 1.82) is 0 Å². The van der Waals surface area contributed by atoms with Gasteiger partial charge in [0.05, 0.1) is 0 Å². The van der Waals surface area contributed by atoms with Crippen LogP contribution in [0.5, 0.6) is 0 Å². The number of benzene rings is 7. The largest absolute Gasteiger partial charge is 0.456 e. The second kappa shape index (κ2) is 10.5. The van der Waals surface area contributed by atoms with Crippen LogP contribution in [0.15, 0.2) is 160 Å². The molecule has 224 valence electrons. The highest BCUT2D eigenvalue weighted by Crippen LogP contribution is 2.41.